The monoisotopic (exact) mass is 386 g/mol. The number of rotatable bonds is 6. The van der Waals surface area contributed by atoms with Gasteiger partial charge in [0.25, 0.3) is 15.9 Å². The van der Waals surface area contributed by atoms with Crippen molar-refractivity contribution in [3.05, 3.63) is 51.0 Å². The number of carboxylic acid groups (broad SMARTS) is 1. The summed E-state index contributed by atoms with van der Waals surface area (Å²) in [5, 5.41) is 8.85. The van der Waals surface area contributed by atoms with Crippen molar-refractivity contribution in [1.82, 2.24) is 10.3 Å². The Kier molecular flexibility index (Phi) is 5.55. The highest BCUT2D eigenvalue weighted by molar-refractivity contribution is 7.89. The normalized spacial score (nSPS) is 11.3. The van der Waals surface area contributed by atoms with Gasteiger partial charge in [-0.05, 0) is 43.2 Å². The van der Waals surface area contributed by atoms with E-state index >= 15 is 0 Å². The fourth-order valence-corrected chi connectivity index (χ4v) is 3.93. The zero-order chi connectivity index (χ0) is 18.8. The number of sulfonamides is 1. The third-order valence-corrected chi connectivity index (χ3v) is 5.97. The lowest BCUT2D eigenvalue weighted by atomic mass is 10.2. The summed E-state index contributed by atoms with van der Waals surface area (Å²) in [6.45, 7) is 3.79. The van der Waals surface area contributed by atoms with E-state index in [1.165, 1.54) is 11.3 Å². The van der Waals surface area contributed by atoms with E-state index < -0.39 is 38.2 Å². The molecule has 0 atom stereocenters. The van der Waals surface area contributed by atoms with Crippen molar-refractivity contribution in [2.24, 2.45) is 0 Å². The molecule has 1 heterocycles. The van der Waals surface area contributed by atoms with Gasteiger partial charge < -0.3 is 5.11 Å². The molecule has 0 radical (unpaired) electrons. The number of hydrogen-bond donors (Lipinski definition) is 3. The summed E-state index contributed by atoms with van der Waals surface area (Å²) in [6.07, 6.45) is 0.753. The molecule has 0 aliphatic rings. The van der Waals surface area contributed by atoms with Crippen LogP contribution in [0.4, 0.5) is 4.39 Å². The van der Waals surface area contributed by atoms with Gasteiger partial charge in [-0.3, -0.25) is 10.2 Å². The van der Waals surface area contributed by atoms with E-state index in [1.54, 1.807) is 6.07 Å². The fraction of sp³-hybridized carbons (Fsp3) is 0.200. The van der Waals surface area contributed by atoms with E-state index in [9.17, 15) is 22.4 Å². The quantitative estimate of drug-likeness (QED) is 0.658. The first kappa shape index (κ1) is 19.0. The second-order valence-corrected chi connectivity index (χ2v) is 7.90. The molecule has 0 saturated carbocycles. The van der Waals surface area contributed by atoms with Gasteiger partial charge in [-0.15, -0.1) is 16.2 Å². The van der Waals surface area contributed by atoms with Crippen LogP contribution in [0.25, 0.3) is 0 Å². The van der Waals surface area contributed by atoms with E-state index in [2.05, 4.69) is 5.43 Å². The van der Waals surface area contributed by atoms with Crippen LogP contribution in [-0.2, 0) is 16.4 Å². The Balaban J connectivity index is 2.17. The number of carbonyl (C=O) groups excluding carboxylic acids is 1. The van der Waals surface area contributed by atoms with Crippen molar-refractivity contribution in [3.8, 4) is 0 Å². The number of hydrogen-bond acceptors (Lipinski definition) is 5. The van der Waals surface area contributed by atoms with E-state index in [0.29, 0.717) is 10.9 Å². The number of hydrazine groups is 1. The summed E-state index contributed by atoms with van der Waals surface area (Å²) in [5.74, 6) is -3.30. The Morgan fingerprint density at radius 1 is 1.28 bits per heavy atom. The maximum Gasteiger partial charge on any atom is 0.338 e. The summed E-state index contributed by atoms with van der Waals surface area (Å²) in [6, 6.07) is 3.96. The molecule has 0 aliphatic heterocycles. The second-order valence-electron chi connectivity index (χ2n) is 5.08. The number of thiophene rings is 1. The molecular formula is C15H15FN2O5S2. The molecule has 1 amide bonds. The lowest BCUT2D eigenvalue weighted by Crippen LogP contribution is -2.41. The van der Waals surface area contributed by atoms with Crippen LogP contribution in [0.5, 0.6) is 0 Å². The average molecular weight is 386 g/mol. The molecule has 0 saturated heterocycles. The van der Waals surface area contributed by atoms with Gasteiger partial charge in [-0.25, -0.2) is 17.6 Å². The fourth-order valence-electron chi connectivity index (χ4n) is 2.05. The predicted octanol–water partition coefficient (Wildman–Crippen LogP) is 2.08. The number of amides is 1. The van der Waals surface area contributed by atoms with Crippen LogP contribution in [0.1, 0.15) is 37.4 Å². The summed E-state index contributed by atoms with van der Waals surface area (Å²) >= 11 is 1.25. The van der Waals surface area contributed by atoms with Crippen LogP contribution in [0.3, 0.4) is 0 Å². The molecule has 0 fully saturated rings. The minimum Gasteiger partial charge on any atom is -0.478 e. The molecule has 0 aliphatic carbocycles. The van der Waals surface area contributed by atoms with Gasteiger partial charge in [-0.1, -0.05) is 6.92 Å². The Hall–Kier alpha value is -2.30. The van der Waals surface area contributed by atoms with Crippen molar-refractivity contribution >= 4 is 33.2 Å². The summed E-state index contributed by atoms with van der Waals surface area (Å²) in [4.78, 5) is 25.7. The standard InChI is InChI=1S/C15H15FN2O5S2/c1-3-12-8(2)6-13(24-12)14(19)17-18-25(22,23)9-4-5-11(16)10(7-9)15(20)21/h4-7,18H,3H2,1-2H3,(H,17,19)(H,20,21). The largest absolute Gasteiger partial charge is 0.478 e. The lowest BCUT2D eigenvalue weighted by Gasteiger charge is -2.08. The highest BCUT2D eigenvalue weighted by atomic mass is 32.2. The predicted molar refractivity (Wildman–Crippen MR) is 89.6 cm³/mol. The third-order valence-electron chi connectivity index (χ3n) is 3.34. The van der Waals surface area contributed by atoms with E-state index in [4.69, 9.17) is 5.11 Å². The Labute approximate surface area is 147 Å². The van der Waals surface area contributed by atoms with Crippen molar-refractivity contribution in [2.45, 2.75) is 25.2 Å². The molecule has 7 nitrogen and oxygen atoms in total. The maximum atomic E-state index is 13.4. The van der Waals surface area contributed by atoms with Gasteiger partial charge in [0.15, 0.2) is 0 Å². The zero-order valence-corrected chi connectivity index (χ0v) is 14.9. The maximum absolute atomic E-state index is 13.4. The topological polar surface area (TPSA) is 113 Å². The van der Waals surface area contributed by atoms with Gasteiger partial charge >= 0.3 is 5.97 Å². The van der Waals surface area contributed by atoms with Gasteiger partial charge in [0.1, 0.15) is 5.82 Å². The molecule has 1 aromatic carbocycles. The molecule has 0 bridgehead atoms. The number of carbonyl (C=O) groups is 2. The SMILES string of the molecule is CCc1sc(C(=O)NNS(=O)(=O)c2ccc(F)c(C(=O)O)c2)cc1C. The van der Waals surface area contributed by atoms with Gasteiger partial charge in [0, 0.05) is 4.88 Å². The van der Waals surface area contributed by atoms with Crippen molar-refractivity contribution in [2.75, 3.05) is 0 Å². The number of halogens is 1. The molecule has 134 valence electrons. The first-order valence-electron chi connectivity index (χ1n) is 7.10. The van der Waals surface area contributed by atoms with Gasteiger partial charge in [0.2, 0.25) is 0 Å². The third kappa shape index (κ3) is 4.21. The highest BCUT2D eigenvalue weighted by Gasteiger charge is 2.20. The number of benzene rings is 1. The highest BCUT2D eigenvalue weighted by Crippen LogP contribution is 2.22. The van der Waals surface area contributed by atoms with E-state index in [-0.39, 0.29) is 0 Å². The van der Waals surface area contributed by atoms with Crippen LogP contribution in [-0.4, -0.2) is 25.4 Å². The van der Waals surface area contributed by atoms with Gasteiger partial charge in [-0.2, -0.15) is 0 Å². The zero-order valence-electron chi connectivity index (χ0n) is 13.3. The van der Waals surface area contributed by atoms with Crippen molar-refractivity contribution < 1.29 is 27.5 Å². The lowest BCUT2D eigenvalue weighted by molar-refractivity contribution is 0.0691. The minimum atomic E-state index is -4.25. The molecule has 2 aromatic rings. The minimum absolute atomic E-state index is 0.336. The number of aryl methyl sites for hydroxylation is 2. The van der Waals surface area contributed by atoms with Crippen LogP contribution >= 0.6 is 11.3 Å². The molecule has 3 N–H and O–H groups in total. The van der Waals surface area contributed by atoms with Crippen LogP contribution in [0.15, 0.2) is 29.2 Å². The van der Waals surface area contributed by atoms with Gasteiger partial charge in [0.05, 0.1) is 15.3 Å². The number of nitrogens with one attached hydrogen (secondary N) is 2. The Morgan fingerprint density at radius 3 is 2.52 bits per heavy atom. The molecular weight excluding hydrogens is 371 g/mol. The van der Waals surface area contributed by atoms with E-state index in [1.807, 2.05) is 18.7 Å². The molecule has 10 heteroatoms. The van der Waals surface area contributed by atoms with Crippen molar-refractivity contribution in [3.63, 3.8) is 0 Å². The molecule has 2 rings (SSSR count). The van der Waals surface area contributed by atoms with E-state index in [0.717, 1.165) is 29.0 Å². The van der Waals surface area contributed by atoms with Crippen LogP contribution in [0.2, 0.25) is 0 Å². The smallest absolute Gasteiger partial charge is 0.338 e. The molecule has 0 unspecified atom stereocenters. The number of carboxylic acids is 1. The van der Waals surface area contributed by atoms with Crippen LogP contribution < -0.4 is 10.3 Å². The van der Waals surface area contributed by atoms with Crippen LogP contribution in [0, 0.1) is 12.7 Å². The Morgan fingerprint density at radius 2 is 1.96 bits per heavy atom. The molecule has 0 spiro atoms. The second kappa shape index (κ2) is 7.30. The summed E-state index contributed by atoms with van der Waals surface area (Å²) < 4.78 is 37.6. The molecule has 25 heavy (non-hydrogen) atoms. The Bertz CT molecular complexity index is 937. The van der Waals surface area contributed by atoms with Crippen molar-refractivity contribution in [1.29, 1.82) is 0 Å². The summed E-state index contributed by atoms with van der Waals surface area (Å²) in [7, 11) is -4.25. The first-order valence-corrected chi connectivity index (χ1v) is 9.40. The molecule has 1 aromatic heterocycles. The number of aromatic carboxylic acids is 1. The summed E-state index contributed by atoms with van der Waals surface area (Å²) in [5.41, 5.74) is 2.21. The first-order chi connectivity index (χ1) is 11.7. The average Bonchev–Trinajstić information content (AvgIpc) is 2.93.